The molecule has 1 heterocycles. The molecule has 0 atom stereocenters. The highest BCUT2D eigenvalue weighted by molar-refractivity contribution is 8.07. The number of ketones is 1. The molecule has 0 saturated heterocycles. The molecule has 31 heavy (non-hydrogen) atoms. The lowest BCUT2D eigenvalue weighted by atomic mass is 10.1. The fourth-order valence-electron chi connectivity index (χ4n) is 3.02. The van der Waals surface area contributed by atoms with Crippen molar-refractivity contribution in [2.75, 3.05) is 0 Å². The summed E-state index contributed by atoms with van der Waals surface area (Å²) in [6.45, 7) is 6.63. The summed E-state index contributed by atoms with van der Waals surface area (Å²) >= 11 is 6.87. The van der Waals surface area contributed by atoms with E-state index in [0.717, 1.165) is 17.8 Å². The standard InChI is InChI=1S/C22H17ClF4N2OS/c1-12(2)31-20(13(3)30)8-14-5-7-19-17(21(14)24)10-28-29(19)11-15-4-6-16(23)9-18(15)22(25,26)27/h4-10H,1,11H2,2-3H3/b20-8-. The van der Waals surface area contributed by atoms with Gasteiger partial charge in [0.05, 0.1) is 34.1 Å². The minimum absolute atomic E-state index is 0.0298. The monoisotopic (exact) mass is 468 g/mol. The van der Waals surface area contributed by atoms with Crippen molar-refractivity contribution in [2.24, 2.45) is 0 Å². The maximum absolute atomic E-state index is 15.1. The summed E-state index contributed by atoms with van der Waals surface area (Å²) in [6, 6.07) is 6.52. The highest BCUT2D eigenvalue weighted by atomic mass is 35.5. The number of nitrogens with zero attached hydrogens (tertiary/aromatic N) is 2. The fourth-order valence-corrected chi connectivity index (χ4v) is 3.90. The van der Waals surface area contributed by atoms with Crippen LogP contribution in [-0.2, 0) is 17.5 Å². The molecule has 0 radical (unpaired) electrons. The molecule has 0 N–H and O–H groups in total. The highest BCUT2D eigenvalue weighted by Gasteiger charge is 2.33. The molecule has 3 aromatic rings. The second-order valence-electron chi connectivity index (χ2n) is 6.87. The first-order valence-corrected chi connectivity index (χ1v) is 10.2. The molecule has 9 heteroatoms. The number of thioether (sulfide) groups is 1. The normalized spacial score (nSPS) is 12.4. The van der Waals surface area contributed by atoms with E-state index in [2.05, 4.69) is 11.7 Å². The van der Waals surface area contributed by atoms with Gasteiger partial charge in [-0.2, -0.15) is 18.3 Å². The van der Waals surface area contributed by atoms with Crippen LogP contribution in [0.4, 0.5) is 17.6 Å². The van der Waals surface area contributed by atoms with Crippen molar-refractivity contribution in [3.63, 3.8) is 0 Å². The van der Waals surface area contributed by atoms with Gasteiger partial charge >= 0.3 is 6.18 Å². The Morgan fingerprint density at radius 1 is 1.26 bits per heavy atom. The second kappa shape index (κ2) is 8.88. The van der Waals surface area contributed by atoms with Crippen LogP contribution in [0.15, 0.2) is 52.9 Å². The van der Waals surface area contributed by atoms with Crippen molar-refractivity contribution in [1.29, 1.82) is 0 Å². The van der Waals surface area contributed by atoms with Crippen molar-refractivity contribution in [3.8, 4) is 0 Å². The van der Waals surface area contributed by atoms with Crippen LogP contribution in [0.3, 0.4) is 0 Å². The van der Waals surface area contributed by atoms with E-state index in [9.17, 15) is 18.0 Å². The number of alkyl halides is 3. The summed E-state index contributed by atoms with van der Waals surface area (Å²) in [6.07, 6.45) is -1.91. The summed E-state index contributed by atoms with van der Waals surface area (Å²) in [7, 11) is 0. The number of hydrogen-bond acceptors (Lipinski definition) is 3. The van der Waals surface area contributed by atoms with Crippen molar-refractivity contribution in [2.45, 2.75) is 26.6 Å². The van der Waals surface area contributed by atoms with Crippen LogP contribution in [0.5, 0.6) is 0 Å². The first kappa shape index (κ1) is 23.1. The van der Waals surface area contributed by atoms with E-state index >= 15 is 4.39 Å². The zero-order valence-electron chi connectivity index (χ0n) is 16.6. The zero-order chi connectivity index (χ0) is 22.9. The largest absolute Gasteiger partial charge is 0.416 e. The van der Waals surface area contributed by atoms with Gasteiger partial charge in [-0.1, -0.05) is 36.0 Å². The smallest absolute Gasteiger partial charge is 0.294 e. The van der Waals surface area contributed by atoms with Gasteiger partial charge in [-0.25, -0.2) is 4.39 Å². The predicted molar refractivity (Wildman–Crippen MR) is 116 cm³/mol. The number of rotatable bonds is 6. The van der Waals surface area contributed by atoms with Gasteiger partial charge in [0.15, 0.2) is 5.78 Å². The molecule has 0 aliphatic rings. The Morgan fingerprint density at radius 3 is 2.58 bits per heavy atom. The molecule has 0 spiro atoms. The molecule has 0 saturated carbocycles. The summed E-state index contributed by atoms with van der Waals surface area (Å²) in [4.78, 5) is 12.8. The molecule has 0 aliphatic heterocycles. The molecule has 0 aliphatic carbocycles. The van der Waals surface area contributed by atoms with Gasteiger partial charge in [-0.15, -0.1) is 0 Å². The van der Waals surface area contributed by atoms with Crippen LogP contribution in [0.25, 0.3) is 17.0 Å². The van der Waals surface area contributed by atoms with Gasteiger partial charge in [0, 0.05) is 10.6 Å². The Morgan fingerprint density at radius 2 is 1.97 bits per heavy atom. The Hall–Kier alpha value is -2.58. The third-order valence-electron chi connectivity index (χ3n) is 4.41. The van der Waals surface area contributed by atoms with E-state index in [1.165, 1.54) is 42.1 Å². The summed E-state index contributed by atoms with van der Waals surface area (Å²) in [5.74, 6) is -0.845. The van der Waals surface area contributed by atoms with Gasteiger partial charge in [0.2, 0.25) is 0 Å². The molecule has 3 nitrogen and oxygen atoms in total. The van der Waals surface area contributed by atoms with E-state index in [4.69, 9.17) is 11.6 Å². The molecule has 0 unspecified atom stereocenters. The topological polar surface area (TPSA) is 34.9 Å². The molecule has 0 amide bonds. The van der Waals surface area contributed by atoms with Crippen molar-refractivity contribution in [1.82, 2.24) is 9.78 Å². The summed E-state index contributed by atoms with van der Waals surface area (Å²) < 4.78 is 56.5. The molecule has 3 rings (SSSR count). The lowest BCUT2D eigenvalue weighted by Crippen LogP contribution is -2.12. The first-order valence-electron chi connectivity index (χ1n) is 9.03. The molecule has 0 fully saturated rings. The minimum Gasteiger partial charge on any atom is -0.294 e. The third-order valence-corrected chi connectivity index (χ3v) is 5.61. The lowest BCUT2D eigenvalue weighted by molar-refractivity contribution is -0.138. The summed E-state index contributed by atoms with van der Waals surface area (Å²) in [5.41, 5.74) is -0.405. The predicted octanol–water partition coefficient (Wildman–Crippen LogP) is 7.09. The number of halogens is 5. The van der Waals surface area contributed by atoms with Gasteiger partial charge in [-0.05, 0) is 54.7 Å². The minimum atomic E-state index is -4.59. The van der Waals surface area contributed by atoms with E-state index in [1.807, 2.05) is 0 Å². The number of aromatic nitrogens is 2. The zero-order valence-corrected chi connectivity index (χ0v) is 18.1. The Balaban J connectivity index is 2.03. The third kappa shape index (κ3) is 5.19. The van der Waals surface area contributed by atoms with Crippen LogP contribution < -0.4 is 0 Å². The van der Waals surface area contributed by atoms with E-state index in [-0.39, 0.29) is 33.9 Å². The number of hydrogen-bond donors (Lipinski definition) is 0. The number of benzene rings is 2. The molecule has 2 aromatic carbocycles. The molecular formula is C22H17ClF4N2OS. The average molecular weight is 469 g/mol. The van der Waals surface area contributed by atoms with Crippen LogP contribution in [-0.4, -0.2) is 15.6 Å². The quantitative estimate of drug-likeness (QED) is 0.286. The highest BCUT2D eigenvalue weighted by Crippen LogP contribution is 2.35. The lowest BCUT2D eigenvalue weighted by Gasteiger charge is -2.14. The fraction of sp³-hybridized carbons (Fsp3) is 0.182. The van der Waals surface area contributed by atoms with Crippen LogP contribution in [0.2, 0.25) is 5.02 Å². The number of carbonyl (C=O) groups excluding carboxylic acids is 1. The summed E-state index contributed by atoms with van der Waals surface area (Å²) in [5, 5.41) is 4.18. The number of carbonyl (C=O) groups is 1. The Kier molecular flexibility index (Phi) is 6.62. The van der Waals surface area contributed by atoms with Crippen LogP contribution in [0, 0.1) is 5.82 Å². The van der Waals surface area contributed by atoms with E-state index in [1.54, 1.807) is 13.0 Å². The van der Waals surface area contributed by atoms with E-state index < -0.39 is 17.6 Å². The number of Topliss-reactive ketones (excluding diaryl/α,β-unsaturated/α-hetero) is 1. The number of fused-ring (bicyclic) bond motifs is 1. The molecular weight excluding hydrogens is 452 g/mol. The maximum Gasteiger partial charge on any atom is 0.416 e. The van der Waals surface area contributed by atoms with Crippen LogP contribution >= 0.6 is 23.4 Å². The van der Waals surface area contributed by atoms with Gasteiger partial charge in [-0.3, -0.25) is 9.48 Å². The Bertz CT molecular complexity index is 1210. The van der Waals surface area contributed by atoms with Crippen LogP contribution in [0.1, 0.15) is 30.5 Å². The molecule has 1 aromatic heterocycles. The van der Waals surface area contributed by atoms with Crippen molar-refractivity contribution >= 4 is 46.1 Å². The maximum atomic E-state index is 15.1. The van der Waals surface area contributed by atoms with E-state index in [0.29, 0.717) is 15.3 Å². The Labute approximate surface area is 185 Å². The SMILES string of the molecule is C=C(C)S/C(=C\c1ccc2c(cnn2Cc2ccc(Cl)cc2C(F)(F)F)c1F)C(C)=O. The van der Waals surface area contributed by atoms with Gasteiger partial charge in [0.25, 0.3) is 0 Å². The molecule has 162 valence electrons. The number of allylic oxidation sites excluding steroid dienone is 2. The average Bonchev–Trinajstić information content (AvgIpc) is 3.07. The van der Waals surface area contributed by atoms with Crippen molar-refractivity contribution < 1.29 is 22.4 Å². The van der Waals surface area contributed by atoms with Gasteiger partial charge < -0.3 is 0 Å². The first-order chi connectivity index (χ1) is 14.5. The van der Waals surface area contributed by atoms with Gasteiger partial charge in [0.1, 0.15) is 5.82 Å². The van der Waals surface area contributed by atoms with Crippen molar-refractivity contribution in [3.05, 3.63) is 80.4 Å². The second-order valence-corrected chi connectivity index (χ2v) is 8.65. The molecule has 0 bridgehead atoms.